The summed E-state index contributed by atoms with van der Waals surface area (Å²) in [5.41, 5.74) is 1.13. The van der Waals surface area contributed by atoms with Crippen LogP contribution in [-0.4, -0.2) is 8.42 Å². The molecule has 4 nitrogen and oxygen atoms in total. The highest BCUT2D eigenvalue weighted by Crippen LogP contribution is 2.24. The van der Waals surface area contributed by atoms with E-state index in [0.29, 0.717) is 15.6 Å². The number of hydrogen-bond acceptors (Lipinski definition) is 3. The monoisotopic (exact) mass is 368 g/mol. The Balaban J connectivity index is 2.18. The van der Waals surface area contributed by atoms with E-state index in [-0.39, 0.29) is 11.4 Å². The van der Waals surface area contributed by atoms with Gasteiger partial charge in [-0.25, -0.2) is 12.8 Å². The molecule has 0 aliphatic carbocycles. The van der Waals surface area contributed by atoms with Crippen molar-refractivity contribution in [1.29, 1.82) is 5.26 Å². The molecule has 0 heterocycles. The molecular formula is C14H10BrFN2O2S. The van der Waals surface area contributed by atoms with Gasteiger partial charge in [-0.05, 0) is 51.8 Å². The molecule has 108 valence electrons. The molecular weight excluding hydrogens is 359 g/mol. The van der Waals surface area contributed by atoms with Crippen molar-refractivity contribution in [3.05, 3.63) is 63.9 Å². The average Bonchev–Trinajstić information content (AvgIpc) is 2.43. The van der Waals surface area contributed by atoms with E-state index in [1.165, 1.54) is 12.1 Å². The SMILES string of the molecule is N#Cc1ccc(CS(=O)(=O)Nc2cc(F)ccc2Br)cc1. The van der Waals surface area contributed by atoms with Crippen LogP contribution in [0.2, 0.25) is 0 Å². The van der Waals surface area contributed by atoms with Crippen molar-refractivity contribution in [2.45, 2.75) is 5.75 Å². The molecule has 21 heavy (non-hydrogen) atoms. The Morgan fingerprint density at radius 3 is 2.48 bits per heavy atom. The summed E-state index contributed by atoms with van der Waals surface area (Å²) in [6.45, 7) is 0. The summed E-state index contributed by atoms with van der Waals surface area (Å²) in [5.74, 6) is -0.795. The molecule has 7 heteroatoms. The number of nitriles is 1. The number of anilines is 1. The van der Waals surface area contributed by atoms with Crippen LogP contribution in [0.3, 0.4) is 0 Å². The fraction of sp³-hybridized carbons (Fsp3) is 0.0714. The second-order valence-corrected chi connectivity index (χ2v) is 6.87. The topological polar surface area (TPSA) is 70.0 Å². The first-order valence-electron chi connectivity index (χ1n) is 5.84. The van der Waals surface area contributed by atoms with E-state index in [0.717, 1.165) is 6.07 Å². The van der Waals surface area contributed by atoms with Crippen LogP contribution in [0.25, 0.3) is 0 Å². The first-order valence-corrected chi connectivity index (χ1v) is 8.29. The number of halogens is 2. The van der Waals surface area contributed by atoms with Crippen LogP contribution in [0.5, 0.6) is 0 Å². The van der Waals surface area contributed by atoms with Crippen LogP contribution in [0.4, 0.5) is 10.1 Å². The van der Waals surface area contributed by atoms with E-state index >= 15 is 0 Å². The summed E-state index contributed by atoms with van der Waals surface area (Å²) in [5, 5.41) is 8.69. The quantitative estimate of drug-likeness (QED) is 0.898. The van der Waals surface area contributed by atoms with Gasteiger partial charge in [-0.2, -0.15) is 5.26 Å². The Morgan fingerprint density at radius 1 is 1.19 bits per heavy atom. The molecule has 0 saturated carbocycles. The maximum Gasteiger partial charge on any atom is 0.236 e. The number of benzene rings is 2. The summed E-state index contributed by atoms with van der Waals surface area (Å²) >= 11 is 3.16. The molecule has 0 atom stereocenters. The van der Waals surface area contributed by atoms with Crippen LogP contribution >= 0.6 is 15.9 Å². The predicted octanol–water partition coefficient (Wildman–Crippen LogP) is 3.40. The Bertz CT molecular complexity index is 799. The van der Waals surface area contributed by atoms with Crippen molar-refractivity contribution < 1.29 is 12.8 Å². The first-order chi connectivity index (χ1) is 9.89. The molecule has 0 aliphatic heterocycles. The second kappa shape index (κ2) is 6.24. The Kier molecular flexibility index (Phi) is 4.60. The molecule has 2 rings (SSSR count). The molecule has 0 aromatic heterocycles. The zero-order valence-corrected chi connectivity index (χ0v) is 13.1. The Hall–Kier alpha value is -1.91. The maximum absolute atomic E-state index is 13.1. The van der Waals surface area contributed by atoms with Crippen LogP contribution < -0.4 is 4.72 Å². The first kappa shape index (κ1) is 15.5. The lowest BCUT2D eigenvalue weighted by atomic mass is 10.2. The molecule has 2 aromatic carbocycles. The highest BCUT2D eigenvalue weighted by Gasteiger charge is 2.14. The molecule has 0 saturated heterocycles. The van der Waals surface area contributed by atoms with Crippen molar-refractivity contribution in [2.24, 2.45) is 0 Å². The van der Waals surface area contributed by atoms with E-state index in [2.05, 4.69) is 20.7 Å². The lowest BCUT2D eigenvalue weighted by molar-refractivity contribution is 0.600. The van der Waals surface area contributed by atoms with Gasteiger partial charge in [0.25, 0.3) is 0 Å². The standard InChI is InChI=1S/C14H10BrFN2O2S/c15-13-6-5-12(16)7-14(13)18-21(19,20)9-11-3-1-10(8-17)2-4-11/h1-7,18H,9H2. The minimum absolute atomic E-state index is 0.142. The van der Waals surface area contributed by atoms with Crippen LogP contribution in [0.1, 0.15) is 11.1 Å². The molecule has 0 spiro atoms. The minimum Gasteiger partial charge on any atom is -0.282 e. The number of nitrogens with zero attached hydrogens (tertiary/aromatic N) is 1. The summed E-state index contributed by atoms with van der Waals surface area (Å²) in [6, 6.07) is 11.9. The van der Waals surface area contributed by atoms with Gasteiger partial charge in [-0.15, -0.1) is 0 Å². The van der Waals surface area contributed by atoms with E-state index in [4.69, 9.17) is 5.26 Å². The van der Waals surface area contributed by atoms with Crippen molar-refractivity contribution in [3.8, 4) is 6.07 Å². The number of sulfonamides is 1. The van der Waals surface area contributed by atoms with Crippen molar-refractivity contribution in [3.63, 3.8) is 0 Å². The van der Waals surface area contributed by atoms with Gasteiger partial charge in [0.05, 0.1) is 23.1 Å². The van der Waals surface area contributed by atoms with Gasteiger partial charge in [0.15, 0.2) is 0 Å². The fourth-order valence-corrected chi connectivity index (χ4v) is 3.36. The largest absolute Gasteiger partial charge is 0.282 e. The van der Waals surface area contributed by atoms with Gasteiger partial charge in [0.2, 0.25) is 10.0 Å². The lowest BCUT2D eigenvalue weighted by Crippen LogP contribution is -2.15. The molecule has 0 unspecified atom stereocenters. The predicted molar refractivity (Wildman–Crippen MR) is 81.5 cm³/mol. The smallest absolute Gasteiger partial charge is 0.236 e. The van der Waals surface area contributed by atoms with E-state index < -0.39 is 15.8 Å². The van der Waals surface area contributed by atoms with Gasteiger partial charge in [0, 0.05) is 4.47 Å². The third-order valence-corrected chi connectivity index (χ3v) is 4.57. The Morgan fingerprint density at radius 2 is 1.86 bits per heavy atom. The second-order valence-electron chi connectivity index (χ2n) is 4.29. The van der Waals surface area contributed by atoms with Gasteiger partial charge in [-0.1, -0.05) is 12.1 Å². The molecule has 0 aliphatic rings. The van der Waals surface area contributed by atoms with Crippen LogP contribution in [0, 0.1) is 17.1 Å². The molecule has 0 amide bonds. The maximum atomic E-state index is 13.1. The van der Waals surface area contributed by atoms with Gasteiger partial charge >= 0.3 is 0 Å². The summed E-state index contributed by atoms with van der Waals surface area (Å²) in [4.78, 5) is 0. The highest BCUT2D eigenvalue weighted by atomic mass is 79.9. The molecule has 0 fully saturated rings. The average molecular weight is 369 g/mol. The molecule has 2 aromatic rings. The molecule has 0 radical (unpaired) electrons. The Labute approximate surface area is 130 Å². The van der Waals surface area contributed by atoms with Crippen molar-refractivity contribution in [2.75, 3.05) is 4.72 Å². The minimum atomic E-state index is -3.68. The third kappa shape index (κ3) is 4.28. The van der Waals surface area contributed by atoms with Crippen molar-refractivity contribution >= 4 is 31.6 Å². The van der Waals surface area contributed by atoms with Gasteiger partial charge in [0.1, 0.15) is 5.82 Å². The zero-order chi connectivity index (χ0) is 15.5. The van der Waals surface area contributed by atoms with Crippen LogP contribution in [0.15, 0.2) is 46.9 Å². The normalized spacial score (nSPS) is 10.9. The highest BCUT2D eigenvalue weighted by molar-refractivity contribution is 9.10. The molecule has 0 bridgehead atoms. The number of nitrogens with one attached hydrogen (secondary N) is 1. The summed E-state index contributed by atoms with van der Waals surface area (Å²) in [6.07, 6.45) is 0. The van der Waals surface area contributed by atoms with Crippen molar-refractivity contribution in [1.82, 2.24) is 0 Å². The van der Waals surface area contributed by atoms with E-state index in [1.54, 1.807) is 24.3 Å². The van der Waals surface area contributed by atoms with E-state index in [1.807, 2.05) is 6.07 Å². The zero-order valence-electron chi connectivity index (χ0n) is 10.7. The number of rotatable bonds is 4. The molecule has 1 N–H and O–H groups in total. The van der Waals surface area contributed by atoms with E-state index in [9.17, 15) is 12.8 Å². The van der Waals surface area contributed by atoms with Gasteiger partial charge < -0.3 is 0 Å². The van der Waals surface area contributed by atoms with Crippen LogP contribution in [-0.2, 0) is 15.8 Å². The third-order valence-electron chi connectivity index (χ3n) is 2.63. The van der Waals surface area contributed by atoms with Gasteiger partial charge in [-0.3, -0.25) is 4.72 Å². The summed E-state index contributed by atoms with van der Waals surface area (Å²) < 4.78 is 40.1. The fourth-order valence-electron chi connectivity index (χ4n) is 1.67. The lowest BCUT2D eigenvalue weighted by Gasteiger charge is -2.10. The summed E-state index contributed by atoms with van der Waals surface area (Å²) in [7, 11) is -3.68. The number of hydrogen-bond donors (Lipinski definition) is 1.